The molecule has 0 spiro atoms. The summed E-state index contributed by atoms with van der Waals surface area (Å²) in [6.07, 6.45) is 6.62. The molecule has 5 nitrogen and oxygen atoms in total. The number of rotatable bonds is 3. The second-order valence-corrected chi connectivity index (χ2v) is 8.37. The lowest BCUT2D eigenvalue weighted by atomic mass is 10.1. The number of para-hydroxylation sites is 1. The van der Waals surface area contributed by atoms with E-state index in [0.29, 0.717) is 5.92 Å². The zero-order valence-electron chi connectivity index (χ0n) is 17.3. The maximum absolute atomic E-state index is 13.6. The Morgan fingerprint density at radius 3 is 2.58 bits per heavy atom. The Morgan fingerprint density at radius 1 is 0.968 bits per heavy atom. The van der Waals surface area contributed by atoms with Crippen molar-refractivity contribution in [3.63, 3.8) is 0 Å². The van der Waals surface area contributed by atoms with Crippen molar-refractivity contribution in [2.45, 2.75) is 38.5 Å². The lowest BCUT2D eigenvalue weighted by molar-refractivity contribution is 0.628. The topological polar surface area (TPSA) is 48.0 Å². The van der Waals surface area contributed by atoms with E-state index in [2.05, 4.69) is 19.1 Å². The average Bonchev–Trinajstić information content (AvgIpc) is 3.52. The fraction of sp³-hybridized carbons (Fsp3) is 0.240. The summed E-state index contributed by atoms with van der Waals surface area (Å²) in [7, 11) is 0. The molecule has 2 aromatic carbocycles. The Kier molecular flexibility index (Phi) is 4.13. The first-order chi connectivity index (χ1) is 15.2. The molecule has 1 fully saturated rings. The third-order valence-corrected chi connectivity index (χ3v) is 6.36. The molecule has 31 heavy (non-hydrogen) atoms. The molecule has 5 aromatic rings. The molecule has 1 aliphatic carbocycles. The molecule has 0 bridgehead atoms. The Labute approximate surface area is 179 Å². The normalized spacial score (nSPS) is 14.8. The van der Waals surface area contributed by atoms with Gasteiger partial charge in [0.05, 0.1) is 11.7 Å². The van der Waals surface area contributed by atoms with Gasteiger partial charge in [-0.1, -0.05) is 43.2 Å². The second kappa shape index (κ2) is 7.01. The van der Waals surface area contributed by atoms with Gasteiger partial charge < -0.3 is 0 Å². The van der Waals surface area contributed by atoms with Crippen LogP contribution in [0.15, 0.2) is 60.8 Å². The van der Waals surface area contributed by atoms with Crippen molar-refractivity contribution < 1.29 is 4.39 Å². The van der Waals surface area contributed by atoms with Crippen LogP contribution in [0.4, 0.5) is 4.39 Å². The molecule has 0 aliphatic heterocycles. The van der Waals surface area contributed by atoms with Gasteiger partial charge >= 0.3 is 0 Å². The first-order valence-corrected chi connectivity index (χ1v) is 10.8. The Hall–Kier alpha value is -3.54. The highest BCUT2D eigenvalue weighted by Crippen LogP contribution is 2.35. The van der Waals surface area contributed by atoms with Crippen molar-refractivity contribution in [1.29, 1.82) is 0 Å². The molecule has 0 N–H and O–H groups in total. The molecule has 3 aromatic heterocycles. The van der Waals surface area contributed by atoms with Crippen LogP contribution in [0.3, 0.4) is 0 Å². The van der Waals surface area contributed by atoms with Crippen LogP contribution in [0, 0.1) is 12.7 Å². The van der Waals surface area contributed by atoms with E-state index >= 15 is 0 Å². The summed E-state index contributed by atoms with van der Waals surface area (Å²) in [6, 6.07) is 16.8. The highest BCUT2D eigenvalue weighted by atomic mass is 19.1. The quantitative estimate of drug-likeness (QED) is 0.375. The number of aromatic nitrogens is 5. The van der Waals surface area contributed by atoms with Gasteiger partial charge in [0.15, 0.2) is 17.3 Å². The largest absolute Gasteiger partial charge is 0.214 e. The molecule has 0 saturated heterocycles. The van der Waals surface area contributed by atoms with Gasteiger partial charge in [-0.25, -0.2) is 14.1 Å². The third-order valence-electron chi connectivity index (χ3n) is 6.36. The van der Waals surface area contributed by atoms with Crippen LogP contribution in [0.5, 0.6) is 0 Å². The molecule has 0 radical (unpaired) electrons. The van der Waals surface area contributed by atoms with Crippen molar-refractivity contribution in [2.24, 2.45) is 0 Å². The van der Waals surface area contributed by atoms with Crippen LogP contribution in [-0.2, 0) is 0 Å². The molecular weight excluding hydrogens is 389 g/mol. The van der Waals surface area contributed by atoms with E-state index in [1.807, 2.05) is 33.6 Å². The minimum absolute atomic E-state index is 0.254. The number of hydrogen-bond acceptors (Lipinski definition) is 3. The van der Waals surface area contributed by atoms with Gasteiger partial charge in [-0.2, -0.15) is 9.61 Å². The van der Waals surface area contributed by atoms with Crippen LogP contribution >= 0.6 is 0 Å². The molecule has 3 heterocycles. The lowest BCUT2D eigenvalue weighted by Gasteiger charge is -2.13. The third kappa shape index (κ3) is 2.93. The Morgan fingerprint density at radius 2 is 1.77 bits per heavy atom. The van der Waals surface area contributed by atoms with Crippen molar-refractivity contribution >= 4 is 16.6 Å². The zero-order chi connectivity index (χ0) is 20.9. The standard InChI is InChI=1S/C25H22FN5/c1-16-5-4-8-19-15-27-31(23(16)19)25-21(17-9-11-20(26)12-10-17)13-14-22-28-24(29-30(22)25)18-6-2-3-7-18/h4-5,8-15,18H,2-3,6-7H2,1H3. The first kappa shape index (κ1) is 18.2. The average molecular weight is 411 g/mol. The van der Waals surface area contributed by atoms with Crippen molar-refractivity contribution in [2.75, 3.05) is 0 Å². The van der Waals surface area contributed by atoms with E-state index in [-0.39, 0.29) is 5.82 Å². The number of halogens is 1. The monoisotopic (exact) mass is 411 g/mol. The fourth-order valence-electron chi connectivity index (χ4n) is 4.78. The van der Waals surface area contributed by atoms with E-state index in [9.17, 15) is 4.39 Å². The number of fused-ring (bicyclic) bond motifs is 2. The molecule has 0 amide bonds. The van der Waals surface area contributed by atoms with E-state index in [4.69, 9.17) is 15.2 Å². The highest BCUT2D eigenvalue weighted by Gasteiger charge is 2.24. The van der Waals surface area contributed by atoms with Gasteiger partial charge in [-0.15, -0.1) is 5.10 Å². The van der Waals surface area contributed by atoms with Gasteiger partial charge in [0, 0.05) is 16.9 Å². The van der Waals surface area contributed by atoms with E-state index in [1.165, 1.54) is 25.0 Å². The van der Waals surface area contributed by atoms with E-state index < -0.39 is 0 Å². The van der Waals surface area contributed by atoms with Crippen molar-refractivity contribution in [3.8, 4) is 16.9 Å². The number of pyridine rings is 1. The van der Waals surface area contributed by atoms with E-state index in [0.717, 1.165) is 57.7 Å². The number of benzene rings is 2. The lowest BCUT2D eigenvalue weighted by Crippen LogP contribution is -2.08. The van der Waals surface area contributed by atoms with Crippen molar-refractivity contribution in [1.82, 2.24) is 24.4 Å². The molecule has 1 saturated carbocycles. The van der Waals surface area contributed by atoms with Crippen LogP contribution in [0.25, 0.3) is 33.5 Å². The predicted molar refractivity (Wildman–Crippen MR) is 119 cm³/mol. The minimum Gasteiger partial charge on any atom is -0.214 e. The fourth-order valence-corrected chi connectivity index (χ4v) is 4.78. The van der Waals surface area contributed by atoms with Gasteiger partial charge in [-0.3, -0.25) is 0 Å². The number of hydrogen-bond donors (Lipinski definition) is 0. The molecule has 0 atom stereocenters. The van der Waals surface area contributed by atoms with Gasteiger partial charge in [0.25, 0.3) is 0 Å². The van der Waals surface area contributed by atoms with Crippen LogP contribution in [0.1, 0.15) is 43.0 Å². The Bertz CT molecular complexity index is 1410. The summed E-state index contributed by atoms with van der Waals surface area (Å²) in [5.41, 5.74) is 4.82. The Balaban J connectivity index is 1.67. The predicted octanol–water partition coefficient (Wildman–Crippen LogP) is 5.84. The molecular formula is C25H22FN5. The smallest absolute Gasteiger partial charge is 0.165 e. The molecule has 0 unspecified atom stereocenters. The van der Waals surface area contributed by atoms with Gasteiger partial charge in [-0.05, 0) is 55.2 Å². The minimum atomic E-state index is -0.254. The maximum atomic E-state index is 13.6. The molecule has 1 aliphatic rings. The summed E-state index contributed by atoms with van der Waals surface area (Å²) in [5.74, 6) is 1.89. The van der Waals surface area contributed by atoms with E-state index in [1.54, 1.807) is 12.1 Å². The summed E-state index contributed by atoms with van der Waals surface area (Å²) < 4.78 is 17.5. The summed E-state index contributed by atoms with van der Waals surface area (Å²) in [6.45, 7) is 2.09. The first-order valence-electron chi connectivity index (χ1n) is 10.8. The summed E-state index contributed by atoms with van der Waals surface area (Å²) in [4.78, 5) is 4.87. The number of nitrogens with zero attached hydrogens (tertiary/aromatic N) is 5. The SMILES string of the molecule is Cc1cccc2cnn(-c3c(-c4ccc(F)cc4)ccc4nc(C5CCCC5)nn34)c12. The summed E-state index contributed by atoms with van der Waals surface area (Å²) in [5, 5.41) is 10.8. The second-order valence-electron chi connectivity index (χ2n) is 8.37. The molecule has 154 valence electrons. The van der Waals surface area contributed by atoms with Crippen molar-refractivity contribution in [3.05, 3.63) is 78.0 Å². The van der Waals surface area contributed by atoms with Gasteiger partial charge in [0.2, 0.25) is 0 Å². The summed E-state index contributed by atoms with van der Waals surface area (Å²) >= 11 is 0. The molecule has 6 rings (SSSR count). The zero-order valence-corrected chi connectivity index (χ0v) is 17.3. The van der Waals surface area contributed by atoms with Crippen LogP contribution in [0.2, 0.25) is 0 Å². The molecule has 6 heteroatoms. The number of aryl methyl sites for hydroxylation is 1. The maximum Gasteiger partial charge on any atom is 0.165 e. The highest BCUT2D eigenvalue weighted by molar-refractivity contribution is 5.85. The van der Waals surface area contributed by atoms with Crippen LogP contribution in [-0.4, -0.2) is 24.4 Å². The van der Waals surface area contributed by atoms with Gasteiger partial charge in [0.1, 0.15) is 5.82 Å². The van der Waals surface area contributed by atoms with Crippen LogP contribution < -0.4 is 0 Å².